The van der Waals surface area contributed by atoms with Crippen molar-refractivity contribution in [2.45, 2.75) is 123 Å². The second-order valence-corrected chi connectivity index (χ2v) is 13.6. The Hall–Kier alpha value is -1.46. The average molecular weight is 825 g/mol. The van der Waals surface area contributed by atoms with Crippen LogP contribution in [0.5, 0.6) is 0 Å². The molecule has 0 aliphatic carbocycles. The SMILES string of the molecule is CCCCCCCCCCCCCCCCCC(=O)OCCOCCOCCOCCOCCOCCOCCOCCOCCOCCOCCC(=O)OCC. The van der Waals surface area contributed by atoms with E-state index in [0.717, 1.165) is 12.8 Å². The Balaban J connectivity index is 3.14. The third kappa shape index (κ3) is 50.6. The van der Waals surface area contributed by atoms with Crippen LogP contribution in [0.4, 0.5) is 0 Å². The van der Waals surface area contributed by atoms with Gasteiger partial charge in [-0.25, -0.2) is 0 Å². The first-order valence-electron chi connectivity index (χ1n) is 22.3. The van der Waals surface area contributed by atoms with Gasteiger partial charge in [0, 0.05) is 6.42 Å². The molecule has 340 valence electrons. The van der Waals surface area contributed by atoms with Crippen LogP contribution in [-0.2, 0) is 66.4 Å². The highest BCUT2D eigenvalue weighted by Crippen LogP contribution is 2.14. The Kier molecular flexibility index (Phi) is 49.4. The maximum atomic E-state index is 11.9. The quantitative estimate of drug-likeness (QED) is 0.0463. The minimum absolute atomic E-state index is 0.134. The molecule has 14 heteroatoms. The smallest absolute Gasteiger partial charge is 0.308 e. The van der Waals surface area contributed by atoms with Crippen LogP contribution in [-0.4, -0.2) is 157 Å². The van der Waals surface area contributed by atoms with E-state index in [1.54, 1.807) is 6.92 Å². The minimum Gasteiger partial charge on any atom is -0.466 e. The van der Waals surface area contributed by atoms with Crippen molar-refractivity contribution in [1.29, 1.82) is 0 Å². The molecule has 0 N–H and O–H groups in total. The number of hydrogen-bond donors (Lipinski definition) is 0. The van der Waals surface area contributed by atoms with Gasteiger partial charge in [-0.05, 0) is 13.3 Å². The molecule has 0 fully saturated rings. The molecular weight excluding hydrogens is 740 g/mol. The number of esters is 2. The highest BCUT2D eigenvalue weighted by Gasteiger charge is 2.04. The monoisotopic (exact) mass is 825 g/mol. The van der Waals surface area contributed by atoms with Crippen molar-refractivity contribution in [2.24, 2.45) is 0 Å². The van der Waals surface area contributed by atoms with Gasteiger partial charge in [0.05, 0.1) is 145 Å². The first kappa shape index (κ1) is 55.5. The normalized spacial score (nSPS) is 11.4. The van der Waals surface area contributed by atoms with E-state index < -0.39 is 0 Å². The summed E-state index contributed by atoms with van der Waals surface area (Å²) in [6, 6.07) is 0. The van der Waals surface area contributed by atoms with E-state index in [9.17, 15) is 9.59 Å². The predicted molar refractivity (Wildman–Crippen MR) is 220 cm³/mol. The van der Waals surface area contributed by atoms with E-state index in [1.165, 1.54) is 83.5 Å². The minimum atomic E-state index is -0.252. The van der Waals surface area contributed by atoms with Crippen LogP contribution in [0.1, 0.15) is 123 Å². The van der Waals surface area contributed by atoms with Gasteiger partial charge in [-0.15, -0.1) is 0 Å². The number of carbonyl (C=O) groups is 2. The van der Waals surface area contributed by atoms with E-state index in [1.807, 2.05) is 0 Å². The van der Waals surface area contributed by atoms with Crippen LogP contribution in [0.2, 0.25) is 0 Å². The first-order valence-corrected chi connectivity index (χ1v) is 22.3. The third-order valence-corrected chi connectivity index (χ3v) is 8.58. The van der Waals surface area contributed by atoms with E-state index in [-0.39, 0.29) is 25.0 Å². The first-order chi connectivity index (χ1) is 28.2. The summed E-state index contributed by atoms with van der Waals surface area (Å²) in [6.45, 7) is 14.0. The molecule has 57 heavy (non-hydrogen) atoms. The van der Waals surface area contributed by atoms with Crippen molar-refractivity contribution < 1.29 is 66.4 Å². The fourth-order valence-electron chi connectivity index (χ4n) is 5.40. The van der Waals surface area contributed by atoms with Gasteiger partial charge < -0.3 is 56.8 Å². The summed E-state index contributed by atoms with van der Waals surface area (Å²) >= 11 is 0. The number of hydrogen-bond acceptors (Lipinski definition) is 14. The lowest BCUT2D eigenvalue weighted by Gasteiger charge is -2.09. The molecule has 0 bridgehead atoms. The average Bonchev–Trinajstić information content (AvgIpc) is 3.21. The zero-order valence-electron chi connectivity index (χ0n) is 36.3. The van der Waals surface area contributed by atoms with Gasteiger partial charge in [0.1, 0.15) is 6.61 Å². The highest BCUT2D eigenvalue weighted by molar-refractivity contribution is 5.69. The zero-order chi connectivity index (χ0) is 41.2. The Morgan fingerprint density at radius 1 is 0.263 bits per heavy atom. The largest absolute Gasteiger partial charge is 0.466 e. The Labute approximate surface area is 346 Å². The maximum Gasteiger partial charge on any atom is 0.308 e. The molecule has 0 spiro atoms. The molecule has 0 aromatic carbocycles. The molecule has 0 radical (unpaired) electrons. The molecule has 14 nitrogen and oxygen atoms in total. The molecule has 0 saturated heterocycles. The van der Waals surface area contributed by atoms with Crippen LogP contribution in [0.3, 0.4) is 0 Å². The van der Waals surface area contributed by atoms with Gasteiger partial charge >= 0.3 is 11.9 Å². The summed E-state index contributed by atoms with van der Waals surface area (Å²) in [5.74, 6) is -0.386. The number of carbonyl (C=O) groups excluding carboxylic acids is 2. The molecule has 0 unspecified atom stereocenters. The van der Waals surface area contributed by atoms with Crippen LogP contribution >= 0.6 is 0 Å². The molecule has 0 saturated carbocycles. The van der Waals surface area contributed by atoms with Crippen LogP contribution in [0.25, 0.3) is 0 Å². The molecule has 0 atom stereocenters. The summed E-state index contributed by atoms with van der Waals surface area (Å²) in [6.07, 6.45) is 20.4. The van der Waals surface area contributed by atoms with Gasteiger partial charge in [-0.3, -0.25) is 9.59 Å². The molecule has 0 rings (SSSR count). The zero-order valence-corrected chi connectivity index (χ0v) is 36.3. The molecule has 0 aliphatic rings. The topological polar surface area (TPSA) is 145 Å². The second-order valence-electron chi connectivity index (χ2n) is 13.6. The molecule has 0 aromatic rings. The maximum absolute atomic E-state index is 11.9. The summed E-state index contributed by atoms with van der Waals surface area (Å²) in [5.41, 5.74) is 0. The van der Waals surface area contributed by atoms with Crippen molar-refractivity contribution in [3.63, 3.8) is 0 Å². The van der Waals surface area contributed by atoms with Crippen molar-refractivity contribution in [3.8, 4) is 0 Å². The van der Waals surface area contributed by atoms with Crippen molar-refractivity contribution in [3.05, 3.63) is 0 Å². The van der Waals surface area contributed by atoms with Crippen LogP contribution < -0.4 is 0 Å². The Bertz CT molecular complexity index is 791. The Morgan fingerprint density at radius 3 is 0.807 bits per heavy atom. The summed E-state index contributed by atoms with van der Waals surface area (Å²) in [5, 5.41) is 0. The molecule has 0 amide bonds. The van der Waals surface area contributed by atoms with Gasteiger partial charge in [-0.1, -0.05) is 96.8 Å². The standard InChI is InChI=1S/C43H84O14/c1-3-5-6-7-8-9-10-11-12-13-14-15-16-17-18-19-42(44)57-41-40-55-39-38-54-37-36-53-35-34-52-33-32-51-31-30-50-29-28-49-27-26-48-25-24-47-23-22-46-21-20-43(45)56-4-2/h3-41H2,1-2H3. The predicted octanol–water partition coefficient (Wildman–Crippen LogP) is 6.91. The lowest BCUT2D eigenvalue weighted by atomic mass is 10.0. The fourth-order valence-corrected chi connectivity index (χ4v) is 5.40. The van der Waals surface area contributed by atoms with E-state index in [4.69, 9.17) is 56.8 Å². The number of rotatable bonds is 50. The lowest BCUT2D eigenvalue weighted by Crippen LogP contribution is -2.15. The van der Waals surface area contributed by atoms with Crippen molar-refractivity contribution in [1.82, 2.24) is 0 Å². The second kappa shape index (κ2) is 50.7. The summed E-state index contributed by atoms with van der Waals surface area (Å²) in [7, 11) is 0. The summed E-state index contributed by atoms with van der Waals surface area (Å²) in [4.78, 5) is 23.1. The van der Waals surface area contributed by atoms with E-state index >= 15 is 0 Å². The number of unbranched alkanes of at least 4 members (excludes halogenated alkanes) is 14. The summed E-state index contributed by atoms with van der Waals surface area (Å²) < 4.78 is 64.7. The van der Waals surface area contributed by atoms with Crippen molar-refractivity contribution >= 4 is 11.9 Å². The molecular formula is C43H84O14. The third-order valence-electron chi connectivity index (χ3n) is 8.58. The van der Waals surface area contributed by atoms with Gasteiger partial charge in [0.15, 0.2) is 0 Å². The van der Waals surface area contributed by atoms with Gasteiger partial charge in [0.25, 0.3) is 0 Å². The Morgan fingerprint density at radius 2 is 0.509 bits per heavy atom. The van der Waals surface area contributed by atoms with E-state index in [0.29, 0.717) is 145 Å². The van der Waals surface area contributed by atoms with Crippen molar-refractivity contribution in [2.75, 3.05) is 145 Å². The lowest BCUT2D eigenvalue weighted by molar-refractivity contribution is -0.146. The van der Waals surface area contributed by atoms with Crippen LogP contribution in [0, 0.1) is 0 Å². The van der Waals surface area contributed by atoms with Gasteiger partial charge in [0.2, 0.25) is 0 Å². The molecule has 0 aromatic heterocycles. The molecule has 0 heterocycles. The van der Waals surface area contributed by atoms with Gasteiger partial charge in [-0.2, -0.15) is 0 Å². The highest BCUT2D eigenvalue weighted by atomic mass is 16.6. The van der Waals surface area contributed by atoms with Crippen LogP contribution in [0.15, 0.2) is 0 Å². The molecule has 0 aliphatic heterocycles. The fraction of sp³-hybridized carbons (Fsp3) is 0.953. The number of ether oxygens (including phenoxy) is 12. The van der Waals surface area contributed by atoms with E-state index in [2.05, 4.69) is 6.92 Å².